The lowest BCUT2D eigenvalue weighted by Gasteiger charge is -2.28. The van der Waals surface area contributed by atoms with Gasteiger partial charge in [-0.3, -0.25) is 9.59 Å². The van der Waals surface area contributed by atoms with Gasteiger partial charge in [0.15, 0.2) is 0 Å². The average molecular weight is 262 g/mol. The van der Waals surface area contributed by atoms with Gasteiger partial charge in [-0.25, -0.2) is 0 Å². The van der Waals surface area contributed by atoms with Crippen LogP contribution < -0.4 is 5.32 Å². The minimum atomic E-state index is -0.461. The highest BCUT2D eigenvalue weighted by Crippen LogP contribution is 2.14. The summed E-state index contributed by atoms with van der Waals surface area (Å²) in [6, 6.07) is 7.45. The van der Waals surface area contributed by atoms with E-state index in [1.807, 2.05) is 38.1 Å². The van der Waals surface area contributed by atoms with Crippen molar-refractivity contribution in [3.05, 3.63) is 35.4 Å². The van der Waals surface area contributed by atoms with Crippen molar-refractivity contribution in [1.29, 1.82) is 0 Å². The molecule has 0 radical (unpaired) electrons. The van der Waals surface area contributed by atoms with E-state index in [1.165, 1.54) is 0 Å². The molecule has 4 nitrogen and oxygen atoms in total. The van der Waals surface area contributed by atoms with E-state index in [9.17, 15) is 9.59 Å². The minimum Gasteiger partial charge on any atom is -0.357 e. The summed E-state index contributed by atoms with van der Waals surface area (Å²) in [7, 11) is 1.58. The molecule has 4 heteroatoms. The number of carbonyl (C=O) groups excluding carboxylic acids is 2. The van der Waals surface area contributed by atoms with Gasteiger partial charge in [0.2, 0.25) is 11.8 Å². The van der Waals surface area contributed by atoms with Crippen molar-refractivity contribution in [2.45, 2.75) is 39.8 Å². The van der Waals surface area contributed by atoms with E-state index in [0.717, 1.165) is 11.1 Å². The molecule has 0 heterocycles. The molecule has 1 aromatic carbocycles. The lowest BCUT2D eigenvalue weighted by atomic mass is 10.1. The van der Waals surface area contributed by atoms with E-state index in [2.05, 4.69) is 5.32 Å². The maximum atomic E-state index is 12.0. The van der Waals surface area contributed by atoms with Gasteiger partial charge >= 0.3 is 0 Å². The third-order valence-electron chi connectivity index (χ3n) is 3.32. The third kappa shape index (κ3) is 3.81. The number of carbonyl (C=O) groups is 2. The molecule has 0 fully saturated rings. The number of nitrogens with one attached hydrogen (secondary N) is 1. The largest absolute Gasteiger partial charge is 0.357 e. The Kier molecular flexibility index (Phi) is 5.55. The van der Waals surface area contributed by atoms with Crippen molar-refractivity contribution >= 4 is 11.8 Å². The van der Waals surface area contributed by atoms with Crippen LogP contribution in [0.5, 0.6) is 0 Å². The van der Waals surface area contributed by atoms with Crippen LogP contribution in [0.25, 0.3) is 0 Å². The van der Waals surface area contributed by atoms with Gasteiger partial charge in [-0.2, -0.15) is 0 Å². The zero-order chi connectivity index (χ0) is 14.4. The summed E-state index contributed by atoms with van der Waals surface area (Å²) in [6.45, 7) is 6.04. The number of hydrogen-bond acceptors (Lipinski definition) is 2. The first-order chi connectivity index (χ1) is 9.01. The van der Waals surface area contributed by atoms with E-state index in [-0.39, 0.29) is 11.8 Å². The fraction of sp³-hybridized carbons (Fsp3) is 0.467. The lowest BCUT2D eigenvalue weighted by molar-refractivity contribution is -0.140. The number of likely N-dealkylation sites (N-methyl/N-ethyl adjacent to an activating group) is 1. The molecule has 19 heavy (non-hydrogen) atoms. The van der Waals surface area contributed by atoms with E-state index in [1.54, 1.807) is 18.9 Å². The monoisotopic (exact) mass is 262 g/mol. The Morgan fingerprint density at radius 1 is 1.32 bits per heavy atom. The van der Waals surface area contributed by atoms with Crippen molar-refractivity contribution in [1.82, 2.24) is 10.2 Å². The van der Waals surface area contributed by atoms with Crippen molar-refractivity contribution in [3.63, 3.8) is 0 Å². The Bertz CT molecular complexity index is 457. The van der Waals surface area contributed by atoms with E-state index >= 15 is 0 Å². The van der Waals surface area contributed by atoms with Crippen LogP contribution in [0, 0.1) is 6.92 Å². The molecule has 0 aromatic heterocycles. The Morgan fingerprint density at radius 3 is 2.47 bits per heavy atom. The van der Waals surface area contributed by atoms with Crippen LogP contribution >= 0.6 is 0 Å². The Balaban J connectivity index is 2.96. The molecule has 0 bridgehead atoms. The first-order valence-corrected chi connectivity index (χ1v) is 6.56. The summed E-state index contributed by atoms with van der Waals surface area (Å²) < 4.78 is 0. The van der Waals surface area contributed by atoms with Crippen LogP contribution in [0.4, 0.5) is 0 Å². The van der Waals surface area contributed by atoms with Crippen LogP contribution in [-0.2, 0) is 16.1 Å². The summed E-state index contributed by atoms with van der Waals surface area (Å²) >= 11 is 0. The van der Waals surface area contributed by atoms with Crippen LogP contribution in [0.2, 0.25) is 0 Å². The molecule has 0 spiro atoms. The van der Waals surface area contributed by atoms with Crippen molar-refractivity contribution in [2.24, 2.45) is 0 Å². The molecule has 0 saturated heterocycles. The molecule has 0 aliphatic carbocycles. The maximum Gasteiger partial charge on any atom is 0.242 e. The van der Waals surface area contributed by atoms with E-state index in [0.29, 0.717) is 13.0 Å². The summed E-state index contributed by atoms with van der Waals surface area (Å²) in [5.41, 5.74) is 2.19. The van der Waals surface area contributed by atoms with Gasteiger partial charge in [0.1, 0.15) is 6.04 Å². The smallest absolute Gasteiger partial charge is 0.242 e. The third-order valence-corrected chi connectivity index (χ3v) is 3.32. The van der Waals surface area contributed by atoms with Gasteiger partial charge in [-0.1, -0.05) is 31.2 Å². The fourth-order valence-corrected chi connectivity index (χ4v) is 1.97. The standard InChI is InChI=1S/C15H22N2O2/c1-5-14(18)17(12(3)15(19)16-4)10-13-9-7-6-8-11(13)2/h6-9,12H,5,10H2,1-4H3,(H,16,19). The highest BCUT2D eigenvalue weighted by Gasteiger charge is 2.24. The van der Waals surface area contributed by atoms with Crippen LogP contribution in [0.15, 0.2) is 24.3 Å². The summed E-state index contributed by atoms with van der Waals surface area (Å²) in [4.78, 5) is 25.4. The molecule has 0 aliphatic rings. The van der Waals surface area contributed by atoms with Crippen LogP contribution in [-0.4, -0.2) is 29.8 Å². The topological polar surface area (TPSA) is 49.4 Å². The molecule has 1 aromatic rings. The lowest BCUT2D eigenvalue weighted by Crippen LogP contribution is -2.46. The molecular formula is C15H22N2O2. The molecule has 1 N–H and O–H groups in total. The van der Waals surface area contributed by atoms with Crippen LogP contribution in [0.1, 0.15) is 31.4 Å². The summed E-state index contributed by atoms with van der Waals surface area (Å²) in [6.07, 6.45) is 0.396. The predicted molar refractivity (Wildman–Crippen MR) is 75.5 cm³/mol. The molecule has 1 rings (SSSR count). The predicted octanol–water partition coefficient (Wildman–Crippen LogP) is 1.87. The van der Waals surface area contributed by atoms with Gasteiger partial charge in [0, 0.05) is 20.0 Å². The second-order valence-electron chi connectivity index (χ2n) is 4.59. The Labute approximate surface area is 114 Å². The highest BCUT2D eigenvalue weighted by atomic mass is 16.2. The number of rotatable bonds is 5. The van der Waals surface area contributed by atoms with Gasteiger partial charge in [-0.05, 0) is 25.0 Å². The van der Waals surface area contributed by atoms with Gasteiger partial charge in [0.25, 0.3) is 0 Å². The van der Waals surface area contributed by atoms with Gasteiger partial charge in [-0.15, -0.1) is 0 Å². The maximum absolute atomic E-state index is 12.0. The fourth-order valence-electron chi connectivity index (χ4n) is 1.97. The van der Waals surface area contributed by atoms with Crippen LogP contribution in [0.3, 0.4) is 0 Å². The van der Waals surface area contributed by atoms with E-state index < -0.39 is 6.04 Å². The van der Waals surface area contributed by atoms with Gasteiger partial charge in [0.05, 0.1) is 0 Å². The summed E-state index contributed by atoms with van der Waals surface area (Å²) in [5, 5.41) is 2.59. The number of amides is 2. The molecule has 104 valence electrons. The second kappa shape index (κ2) is 6.92. The quantitative estimate of drug-likeness (QED) is 0.880. The zero-order valence-corrected chi connectivity index (χ0v) is 12.1. The molecule has 2 amide bonds. The highest BCUT2D eigenvalue weighted by molar-refractivity contribution is 5.87. The molecule has 0 aliphatic heterocycles. The first kappa shape index (κ1) is 15.2. The summed E-state index contributed by atoms with van der Waals surface area (Å²) in [5.74, 6) is -0.158. The normalized spacial score (nSPS) is 11.8. The number of hydrogen-bond donors (Lipinski definition) is 1. The van der Waals surface area contributed by atoms with Crippen molar-refractivity contribution in [3.8, 4) is 0 Å². The Morgan fingerprint density at radius 2 is 1.95 bits per heavy atom. The molecule has 0 saturated carbocycles. The molecule has 1 unspecified atom stereocenters. The number of aryl methyl sites for hydroxylation is 1. The van der Waals surface area contributed by atoms with Gasteiger partial charge < -0.3 is 10.2 Å². The minimum absolute atomic E-state index is 0.0145. The SMILES string of the molecule is CCC(=O)N(Cc1ccccc1C)C(C)C(=O)NC. The number of nitrogens with zero attached hydrogens (tertiary/aromatic N) is 1. The second-order valence-corrected chi connectivity index (χ2v) is 4.59. The molecular weight excluding hydrogens is 240 g/mol. The zero-order valence-electron chi connectivity index (χ0n) is 12.1. The average Bonchev–Trinajstić information content (AvgIpc) is 2.44. The van der Waals surface area contributed by atoms with E-state index in [4.69, 9.17) is 0 Å². The Hall–Kier alpha value is -1.84. The first-order valence-electron chi connectivity index (χ1n) is 6.56. The molecule has 1 atom stereocenters. The van der Waals surface area contributed by atoms with Crippen molar-refractivity contribution < 1.29 is 9.59 Å². The number of benzene rings is 1. The van der Waals surface area contributed by atoms with Crippen molar-refractivity contribution in [2.75, 3.05) is 7.05 Å².